The van der Waals surface area contributed by atoms with Gasteiger partial charge in [0, 0.05) is 32.8 Å². The Labute approximate surface area is 163 Å². The smallest absolute Gasteiger partial charge is 0.151 e. The number of methoxy groups -OCH3 is 1. The van der Waals surface area contributed by atoms with Gasteiger partial charge in [-0.2, -0.15) is 5.10 Å². The van der Waals surface area contributed by atoms with Crippen LogP contribution in [0.1, 0.15) is 24.2 Å². The Morgan fingerprint density at radius 3 is 2.74 bits per heavy atom. The van der Waals surface area contributed by atoms with Crippen molar-refractivity contribution in [2.45, 2.75) is 30.2 Å². The Kier molecular flexibility index (Phi) is 4.93. The third-order valence-electron chi connectivity index (χ3n) is 5.21. The first-order valence-corrected chi connectivity index (χ1v) is 10.1. The van der Waals surface area contributed by atoms with Crippen molar-refractivity contribution < 1.29 is 9.53 Å². The second-order valence-electron chi connectivity index (χ2n) is 6.56. The van der Waals surface area contributed by atoms with Gasteiger partial charge < -0.3 is 9.64 Å². The molecular formula is C21H23N3O2S. The predicted molar refractivity (Wildman–Crippen MR) is 109 cm³/mol. The van der Waals surface area contributed by atoms with Crippen molar-refractivity contribution in [3.63, 3.8) is 0 Å². The number of hydrogen-bond donors (Lipinski definition) is 0. The number of carbonyl (C=O) groups is 1. The maximum atomic E-state index is 11.6. The lowest BCUT2D eigenvalue weighted by Crippen LogP contribution is -2.27. The number of ether oxygens (including phenoxy) is 1. The lowest BCUT2D eigenvalue weighted by molar-refractivity contribution is 0.112. The molecule has 3 aromatic rings. The van der Waals surface area contributed by atoms with E-state index in [4.69, 9.17) is 9.84 Å². The molecule has 0 radical (unpaired) electrons. The molecule has 0 amide bonds. The van der Waals surface area contributed by atoms with Crippen LogP contribution in [0.4, 0.5) is 0 Å². The van der Waals surface area contributed by atoms with Gasteiger partial charge in [-0.15, -0.1) is 0 Å². The summed E-state index contributed by atoms with van der Waals surface area (Å²) in [6.45, 7) is 8.18. The van der Waals surface area contributed by atoms with E-state index in [1.807, 2.05) is 30.3 Å². The second kappa shape index (κ2) is 7.37. The predicted octanol–water partition coefficient (Wildman–Crippen LogP) is 4.33. The van der Waals surface area contributed by atoms with Crippen molar-refractivity contribution in [1.29, 1.82) is 0 Å². The maximum Gasteiger partial charge on any atom is 0.151 e. The van der Waals surface area contributed by atoms with Crippen molar-refractivity contribution in [1.82, 2.24) is 14.7 Å². The summed E-state index contributed by atoms with van der Waals surface area (Å²) in [6, 6.07) is 9.97. The molecule has 140 valence electrons. The molecule has 0 unspecified atom stereocenters. The molecule has 0 aliphatic carbocycles. The van der Waals surface area contributed by atoms with Crippen LogP contribution in [-0.2, 0) is 6.54 Å². The molecule has 0 atom stereocenters. The quantitative estimate of drug-likeness (QED) is 0.446. The van der Waals surface area contributed by atoms with E-state index < -0.39 is 0 Å². The van der Waals surface area contributed by atoms with Gasteiger partial charge in [-0.3, -0.25) is 9.48 Å². The zero-order valence-corrected chi connectivity index (χ0v) is 16.7. The average Bonchev–Trinajstić information content (AvgIpc) is 3.09. The van der Waals surface area contributed by atoms with Crippen LogP contribution in [-0.4, -0.2) is 47.7 Å². The van der Waals surface area contributed by atoms with E-state index in [0.717, 1.165) is 75.7 Å². The second-order valence-corrected chi connectivity index (χ2v) is 7.61. The van der Waals surface area contributed by atoms with E-state index in [1.165, 1.54) is 0 Å². The normalized spacial score (nSPS) is 12.4. The van der Waals surface area contributed by atoms with Crippen LogP contribution < -0.4 is 4.74 Å². The SMILES string of the molecule is CCN(CC)CCn1nc2c3c(c(C=O)ccc31)Sc1ccc(OC)cc1-2. The van der Waals surface area contributed by atoms with Crippen LogP contribution in [0.5, 0.6) is 5.75 Å². The van der Waals surface area contributed by atoms with E-state index in [0.29, 0.717) is 0 Å². The van der Waals surface area contributed by atoms with Crippen LogP contribution in [0.15, 0.2) is 40.1 Å². The molecule has 0 saturated carbocycles. The van der Waals surface area contributed by atoms with Crippen molar-refractivity contribution in [3.05, 3.63) is 35.9 Å². The Balaban J connectivity index is 1.88. The van der Waals surface area contributed by atoms with Crippen LogP contribution in [0, 0.1) is 0 Å². The van der Waals surface area contributed by atoms with Gasteiger partial charge in [-0.25, -0.2) is 0 Å². The lowest BCUT2D eigenvalue weighted by atomic mass is 10.0. The number of likely N-dealkylation sites (N-methyl/N-ethyl adjacent to an activating group) is 1. The minimum absolute atomic E-state index is 0.721. The van der Waals surface area contributed by atoms with Gasteiger partial charge in [0.05, 0.1) is 19.2 Å². The van der Waals surface area contributed by atoms with Crippen molar-refractivity contribution in [3.8, 4) is 17.0 Å². The van der Waals surface area contributed by atoms with E-state index in [1.54, 1.807) is 18.9 Å². The van der Waals surface area contributed by atoms with Gasteiger partial charge >= 0.3 is 0 Å². The van der Waals surface area contributed by atoms with Crippen molar-refractivity contribution in [2.24, 2.45) is 0 Å². The Morgan fingerprint density at radius 1 is 1.22 bits per heavy atom. The Morgan fingerprint density at radius 2 is 2.04 bits per heavy atom. The number of hydrogen-bond acceptors (Lipinski definition) is 5. The maximum absolute atomic E-state index is 11.6. The van der Waals surface area contributed by atoms with Crippen LogP contribution >= 0.6 is 11.8 Å². The van der Waals surface area contributed by atoms with Gasteiger partial charge in [0.15, 0.2) is 6.29 Å². The van der Waals surface area contributed by atoms with Crippen molar-refractivity contribution in [2.75, 3.05) is 26.7 Å². The van der Waals surface area contributed by atoms with E-state index in [2.05, 4.69) is 23.4 Å². The number of fused-ring (bicyclic) bond motifs is 2. The fourth-order valence-corrected chi connectivity index (χ4v) is 4.77. The average molecular weight is 382 g/mol. The molecule has 5 nitrogen and oxygen atoms in total. The zero-order chi connectivity index (χ0) is 19.0. The monoisotopic (exact) mass is 381 g/mol. The topological polar surface area (TPSA) is 47.4 Å². The third kappa shape index (κ3) is 3.03. The number of nitrogens with zero attached hydrogens (tertiary/aromatic N) is 3. The summed E-state index contributed by atoms with van der Waals surface area (Å²) in [5.41, 5.74) is 3.81. The molecule has 0 saturated heterocycles. The third-order valence-corrected chi connectivity index (χ3v) is 6.42. The minimum atomic E-state index is 0.721. The summed E-state index contributed by atoms with van der Waals surface area (Å²) in [5, 5.41) is 6.03. The Hall–Kier alpha value is -2.31. The number of benzene rings is 2. The molecule has 2 heterocycles. The Bertz CT molecular complexity index is 1010. The summed E-state index contributed by atoms with van der Waals surface area (Å²) in [5.74, 6) is 0.815. The largest absolute Gasteiger partial charge is 0.497 e. The number of carbonyl (C=O) groups excluding carboxylic acids is 1. The van der Waals surface area contributed by atoms with Gasteiger partial charge in [0.25, 0.3) is 0 Å². The molecular weight excluding hydrogens is 358 g/mol. The molecule has 4 rings (SSSR count). The summed E-state index contributed by atoms with van der Waals surface area (Å²) in [7, 11) is 1.68. The van der Waals surface area contributed by atoms with Crippen molar-refractivity contribution >= 4 is 29.0 Å². The first-order chi connectivity index (χ1) is 13.2. The van der Waals surface area contributed by atoms with Crippen LogP contribution in [0.3, 0.4) is 0 Å². The highest BCUT2D eigenvalue weighted by molar-refractivity contribution is 8.00. The summed E-state index contributed by atoms with van der Waals surface area (Å²) >= 11 is 1.64. The molecule has 0 fully saturated rings. The molecule has 0 spiro atoms. The van der Waals surface area contributed by atoms with Crippen LogP contribution in [0.25, 0.3) is 22.2 Å². The van der Waals surface area contributed by atoms with Gasteiger partial charge in [-0.1, -0.05) is 25.6 Å². The molecule has 0 bridgehead atoms. The zero-order valence-electron chi connectivity index (χ0n) is 15.9. The van der Waals surface area contributed by atoms with Crippen LogP contribution in [0.2, 0.25) is 0 Å². The summed E-state index contributed by atoms with van der Waals surface area (Å²) in [4.78, 5) is 16.1. The fourth-order valence-electron chi connectivity index (χ4n) is 3.61. The first kappa shape index (κ1) is 18.1. The number of aldehydes is 1. The number of aromatic nitrogens is 2. The van der Waals surface area contributed by atoms with Gasteiger partial charge in [0.1, 0.15) is 11.4 Å². The van der Waals surface area contributed by atoms with Gasteiger partial charge in [0.2, 0.25) is 0 Å². The molecule has 2 aromatic carbocycles. The summed E-state index contributed by atoms with van der Waals surface area (Å²) < 4.78 is 7.50. The highest BCUT2D eigenvalue weighted by Crippen LogP contribution is 2.49. The summed E-state index contributed by atoms with van der Waals surface area (Å²) in [6.07, 6.45) is 0.938. The molecule has 1 aromatic heterocycles. The molecule has 0 N–H and O–H groups in total. The van der Waals surface area contributed by atoms with E-state index in [-0.39, 0.29) is 0 Å². The van der Waals surface area contributed by atoms with E-state index >= 15 is 0 Å². The van der Waals surface area contributed by atoms with Gasteiger partial charge in [-0.05, 0) is 43.4 Å². The lowest BCUT2D eigenvalue weighted by Gasteiger charge is -2.18. The molecule has 1 aliphatic rings. The molecule has 1 aliphatic heterocycles. The molecule has 27 heavy (non-hydrogen) atoms. The standard InChI is InChI=1S/C21H23N3O2S/c1-4-23(5-2)10-11-24-17-8-6-14(13-25)21-19(17)20(22-24)16-12-15(26-3)7-9-18(16)27-21/h6-9,12-13H,4-5,10-11H2,1-3H3. The molecule has 6 heteroatoms. The fraction of sp³-hybridized carbons (Fsp3) is 0.333. The van der Waals surface area contributed by atoms with E-state index in [9.17, 15) is 4.79 Å². The first-order valence-electron chi connectivity index (χ1n) is 9.27. The highest BCUT2D eigenvalue weighted by atomic mass is 32.2. The number of rotatable bonds is 7. The minimum Gasteiger partial charge on any atom is -0.497 e. The highest BCUT2D eigenvalue weighted by Gasteiger charge is 2.26.